The normalized spacial score (nSPS) is 11.8. The van der Waals surface area contributed by atoms with Gasteiger partial charge in [-0.25, -0.2) is 4.39 Å². The van der Waals surface area contributed by atoms with Crippen LogP contribution < -0.4 is 15.4 Å². The van der Waals surface area contributed by atoms with Crippen LogP contribution in [0.2, 0.25) is 0 Å². The smallest absolute Gasteiger partial charge is 0.242 e. The number of hydrogen-bond acceptors (Lipinski definition) is 4. The van der Waals surface area contributed by atoms with E-state index in [2.05, 4.69) is 15.6 Å². The van der Waals surface area contributed by atoms with Gasteiger partial charge in [0.05, 0.1) is 13.5 Å². The minimum atomic E-state index is -0.697. The van der Waals surface area contributed by atoms with Crippen LogP contribution in [0.25, 0.3) is 10.9 Å². The van der Waals surface area contributed by atoms with Gasteiger partial charge >= 0.3 is 0 Å². The van der Waals surface area contributed by atoms with E-state index in [9.17, 15) is 18.8 Å². The van der Waals surface area contributed by atoms with Crippen molar-refractivity contribution in [2.75, 3.05) is 13.7 Å². The molecule has 1 unspecified atom stereocenters. The summed E-state index contributed by atoms with van der Waals surface area (Å²) in [5.41, 5.74) is 3.45. The number of aromatic nitrogens is 1. The van der Waals surface area contributed by atoms with Crippen molar-refractivity contribution in [3.63, 3.8) is 0 Å². The number of H-pyrrole nitrogens is 1. The number of amides is 2. The number of unbranched alkanes of at least 4 members (excludes halogenated alkanes) is 2. The highest BCUT2D eigenvalue weighted by Gasteiger charge is 2.22. The third kappa shape index (κ3) is 8.44. The van der Waals surface area contributed by atoms with Gasteiger partial charge in [-0.2, -0.15) is 0 Å². The first-order valence-electron chi connectivity index (χ1n) is 12.7. The number of ketones is 1. The first-order valence-corrected chi connectivity index (χ1v) is 12.7. The van der Waals surface area contributed by atoms with Crippen molar-refractivity contribution in [3.8, 4) is 5.75 Å². The summed E-state index contributed by atoms with van der Waals surface area (Å²) in [4.78, 5) is 40.6. The van der Waals surface area contributed by atoms with Gasteiger partial charge in [-0.15, -0.1) is 0 Å². The Labute approximate surface area is 217 Å². The van der Waals surface area contributed by atoms with Crippen molar-refractivity contribution in [1.29, 1.82) is 0 Å². The van der Waals surface area contributed by atoms with Crippen molar-refractivity contribution in [2.24, 2.45) is 0 Å². The second-order valence-corrected chi connectivity index (χ2v) is 9.41. The molecule has 1 heterocycles. The van der Waals surface area contributed by atoms with Crippen molar-refractivity contribution < 1.29 is 23.5 Å². The number of nitrogens with one attached hydrogen (secondary N) is 3. The van der Waals surface area contributed by atoms with E-state index in [-0.39, 0.29) is 29.8 Å². The van der Waals surface area contributed by atoms with Crippen LogP contribution in [-0.4, -0.2) is 42.3 Å². The molecule has 7 nitrogen and oxygen atoms in total. The van der Waals surface area contributed by atoms with Gasteiger partial charge < -0.3 is 25.1 Å². The number of fused-ring (bicyclic) bond motifs is 1. The van der Waals surface area contributed by atoms with Gasteiger partial charge in [0.15, 0.2) is 0 Å². The number of methoxy groups -OCH3 is 1. The lowest BCUT2D eigenvalue weighted by Gasteiger charge is -2.19. The molecule has 0 spiro atoms. The molecular formula is C29H36FN3O4. The molecule has 0 saturated heterocycles. The lowest BCUT2D eigenvalue weighted by molar-refractivity contribution is -0.128. The van der Waals surface area contributed by atoms with Gasteiger partial charge in [0.2, 0.25) is 11.8 Å². The third-order valence-electron chi connectivity index (χ3n) is 6.44. The number of aromatic amines is 1. The molecule has 0 bridgehead atoms. The van der Waals surface area contributed by atoms with Gasteiger partial charge in [0.1, 0.15) is 23.4 Å². The van der Waals surface area contributed by atoms with Crippen LogP contribution in [0, 0.1) is 12.7 Å². The number of halogens is 1. The number of benzene rings is 2. The molecule has 0 fully saturated rings. The van der Waals surface area contributed by atoms with Crippen LogP contribution in [0.15, 0.2) is 42.5 Å². The maximum atomic E-state index is 13.4. The number of hydrogen-bond donors (Lipinski definition) is 3. The summed E-state index contributed by atoms with van der Waals surface area (Å²) in [6, 6.07) is 11.2. The highest BCUT2D eigenvalue weighted by atomic mass is 19.1. The summed E-state index contributed by atoms with van der Waals surface area (Å²) in [6.45, 7) is 3.82. The van der Waals surface area contributed by atoms with Crippen molar-refractivity contribution in [2.45, 2.75) is 64.8 Å². The minimum Gasteiger partial charge on any atom is -0.497 e. The van der Waals surface area contributed by atoms with Gasteiger partial charge in [0.25, 0.3) is 0 Å². The molecule has 1 aromatic heterocycles. The topological polar surface area (TPSA) is 100 Å². The van der Waals surface area contributed by atoms with Crippen molar-refractivity contribution in [1.82, 2.24) is 15.6 Å². The predicted molar refractivity (Wildman–Crippen MR) is 142 cm³/mol. The second-order valence-electron chi connectivity index (χ2n) is 9.41. The van der Waals surface area contributed by atoms with Gasteiger partial charge in [-0.05, 0) is 74.6 Å². The quantitative estimate of drug-likeness (QED) is 0.278. The van der Waals surface area contributed by atoms with Crippen LogP contribution in [0.1, 0.15) is 55.8 Å². The summed E-state index contributed by atoms with van der Waals surface area (Å²) in [7, 11) is 1.60. The molecule has 3 aromatic rings. The third-order valence-corrected chi connectivity index (χ3v) is 6.44. The number of rotatable bonds is 14. The molecule has 0 aliphatic rings. The Balaban J connectivity index is 1.63. The summed E-state index contributed by atoms with van der Waals surface area (Å²) < 4.78 is 18.8. The molecule has 0 radical (unpaired) electrons. The van der Waals surface area contributed by atoms with E-state index >= 15 is 0 Å². The van der Waals surface area contributed by atoms with Crippen LogP contribution in [0.4, 0.5) is 4.39 Å². The predicted octanol–water partition coefficient (Wildman–Crippen LogP) is 4.55. The van der Waals surface area contributed by atoms with Crippen molar-refractivity contribution >= 4 is 28.5 Å². The Morgan fingerprint density at radius 3 is 2.62 bits per heavy atom. The van der Waals surface area contributed by atoms with Crippen LogP contribution >= 0.6 is 0 Å². The summed E-state index contributed by atoms with van der Waals surface area (Å²) >= 11 is 0. The van der Waals surface area contributed by atoms with Crippen LogP contribution in [0.5, 0.6) is 5.75 Å². The highest BCUT2D eigenvalue weighted by Crippen LogP contribution is 2.26. The number of ether oxygens (including phenoxy) is 1. The first-order chi connectivity index (χ1) is 17.8. The fraction of sp³-hybridized carbons (Fsp3) is 0.414. The van der Waals surface area contributed by atoms with E-state index in [4.69, 9.17) is 4.74 Å². The van der Waals surface area contributed by atoms with E-state index in [0.717, 1.165) is 40.6 Å². The van der Waals surface area contributed by atoms with Gasteiger partial charge in [-0.1, -0.05) is 25.0 Å². The molecule has 2 amide bonds. The highest BCUT2D eigenvalue weighted by molar-refractivity contribution is 5.93. The Morgan fingerprint density at radius 2 is 1.89 bits per heavy atom. The van der Waals surface area contributed by atoms with Crippen LogP contribution in [0.3, 0.4) is 0 Å². The fourth-order valence-corrected chi connectivity index (χ4v) is 4.44. The van der Waals surface area contributed by atoms with E-state index in [1.165, 1.54) is 12.1 Å². The molecule has 0 aliphatic heterocycles. The lowest BCUT2D eigenvalue weighted by Crippen LogP contribution is -2.47. The zero-order valence-corrected chi connectivity index (χ0v) is 21.8. The molecule has 37 heavy (non-hydrogen) atoms. The maximum Gasteiger partial charge on any atom is 0.242 e. The van der Waals surface area contributed by atoms with Crippen molar-refractivity contribution in [3.05, 3.63) is 65.1 Å². The van der Waals surface area contributed by atoms with E-state index in [0.29, 0.717) is 38.0 Å². The number of carbonyl (C=O) groups excluding carboxylic acids is 3. The Kier molecular flexibility index (Phi) is 10.2. The zero-order chi connectivity index (χ0) is 26.8. The maximum absolute atomic E-state index is 13.4. The Hall–Kier alpha value is -3.68. The van der Waals surface area contributed by atoms with Gasteiger partial charge in [0, 0.05) is 29.6 Å². The lowest BCUT2D eigenvalue weighted by atomic mass is 10.0. The SMILES string of the molecule is COc1ccc2[nH]c(C)c(CC(=O)NC(CCCCCC(C)=O)C(=O)NCCc3cccc(F)c3)c2c1. The zero-order valence-electron chi connectivity index (χ0n) is 21.8. The molecule has 198 valence electrons. The van der Waals surface area contributed by atoms with Gasteiger partial charge in [-0.3, -0.25) is 9.59 Å². The molecule has 0 aliphatic carbocycles. The largest absolute Gasteiger partial charge is 0.497 e. The standard InChI is InChI=1S/C29H36FN3O4/c1-19(34)8-5-4-6-11-27(29(36)31-15-14-21-9-7-10-22(30)16-21)33-28(35)18-24-20(2)32-26-13-12-23(37-3)17-25(24)26/h7,9-10,12-13,16-17,27,32H,4-6,8,11,14-15,18H2,1-3H3,(H,31,36)(H,33,35). The molecule has 0 saturated carbocycles. The molecule has 8 heteroatoms. The Bertz CT molecular complexity index is 1240. The van der Waals surface area contributed by atoms with Crippen LogP contribution in [-0.2, 0) is 27.2 Å². The van der Waals surface area contributed by atoms with E-state index in [1.807, 2.05) is 31.2 Å². The average Bonchev–Trinajstić information content (AvgIpc) is 3.16. The molecule has 1 atom stereocenters. The first kappa shape index (κ1) is 27.9. The molecule has 3 N–H and O–H groups in total. The summed E-state index contributed by atoms with van der Waals surface area (Å²) in [5, 5.41) is 6.70. The fourth-order valence-electron chi connectivity index (χ4n) is 4.44. The number of aryl methyl sites for hydroxylation is 1. The number of carbonyl (C=O) groups is 3. The minimum absolute atomic E-state index is 0.121. The average molecular weight is 510 g/mol. The van der Waals surface area contributed by atoms with E-state index in [1.54, 1.807) is 20.1 Å². The molecule has 3 rings (SSSR count). The summed E-state index contributed by atoms with van der Waals surface area (Å²) in [5.74, 6) is 0.0131. The van der Waals surface area contributed by atoms with E-state index < -0.39 is 6.04 Å². The number of Topliss-reactive ketones (excluding diaryl/α,β-unsaturated/α-hetero) is 1. The molecular weight excluding hydrogens is 473 g/mol. The monoisotopic (exact) mass is 509 g/mol. The Morgan fingerprint density at radius 1 is 1.08 bits per heavy atom. The molecule has 2 aromatic carbocycles. The second kappa shape index (κ2) is 13.6. The summed E-state index contributed by atoms with van der Waals surface area (Å²) in [6.07, 6.45) is 3.85.